The standard InChI is InChI=1S/C10H10FNO4/c1-2-3-10(13)16-7-4-5-9(12(14)15)8(11)6-7/h4-6H,2-3H2,1H3. The first-order valence-corrected chi connectivity index (χ1v) is 4.69. The van der Waals surface area contributed by atoms with E-state index in [1.54, 1.807) is 6.92 Å². The summed E-state index contributed by atoms with van der Waals surface area (Å²) in [5.74, 6) is -1.54. The SMILES string of the molecule is CCCC(=O)Oc1ccc([N+](=O)[O-])c(F)c1. The average Bonchev–Trinajstić information content (AvgIpc) is 2.17. The summed E-state index contributed by atoms with van der Waals surface area (Å²) in [6.45, 7) is 1.80. The lowest BCUT2D eigenvalue weighted by molar-refractivity contribution is -0.387. The van der Waals surface area contributed by atoms with Gasteiger partial charge >= 0.3 is 11.7 Å². The lowest BCUT2D eigenvalue weighted by Gasteiger charge is -2.03. The maximum Gasteiger partial charge on any atom is 0.311 e. The third-order valence-corrected chi connectivity index (χ3v) is 1.80. The molecule has 1 aromatic rings. The predicted molar refractivity (Wildman–Crippen MR) is 53.6 cm³/mol. The van der Waals surface area contributed by atoms with E-state index in [2.05, 4.69) is 0 Å². The first-order chi connectivity index (χ1) is 7.54. The molecule has 5 nitrogen and oxygen atoms in total. The number of ether oxygens (including phenoxy) is 1. The number of rotatable bonds is 4. The molecule has 16 heavy (non-hydrogen) atoms. The average molecular weight is 227 g/mol. The van der Waals surface area contributed by atoms with Crippen molar-refractivity contribution in [2.45, 2.75) is 19.8 Å². The smallest absolute Gasteiger partial charge is 0.311 e. The molecule has 0 aromatic heterocycles. The second-order valence-electron chi connectivity index (χ2n) is 3.09. The minimum Gasteiger partial charge on any atom is -0.426 e. The number of halogens is 1. The van der Waals surface area contributed by atoms with E-state index in [0.717, 1.165) is 12.1 Å². The maximum atomic E-state index is 13.1. The summed E-state index contributed by atoms with van der Waals surface area (Å²) >= 11 is 0. The molecule has 0 amide bonds. The summed E-state index contributed by atoms with van der Waals surface area (Å²) in [7, 11) is 0. The molecule has 1 rings (SSSR count). The highest BCUT2D eigenvalue weighted by Crippen LogP contribution is 2.22. The Balaban J connectivity index is 2.81. The topological polar surface area (TPSA) is 69.4 Å². The molecular formula is C10H10FNO4. The summed E-state index contributed by atoms with van der Waals surface area (Å²) in [5.41, 5.74) is -0.643. The summed E-state index contributed by atoms with van der Waals surface area (Å²) in [6, 6.07) is 2.98. The van der Waals surface area contributed by atoms with Crippen LogP contribution in [0.25, 0.3) is 0 Å². The number of benzene rings is 1. The predicted octanol–water partition coefficient (Wildman–Crippen LogP) is 2.44. The molecule has 0 atom stereocenters. The van der Waals surface area contributed by atoms with Crippen LogP contribution in [0.1, 0.15) is 19.8 Å². The highest BCUT2D eigenvalue weighted by molar-refractivity contribution is 5.72. The van der Waals surface area contributed by atoms with E-state index in [1.165, 1.54) is 6.07 Å². The van der Waals surface area contributed by atoms with E-state index in [1.807, 2.05) is 0 Å². The Morgan fingerprint density at radius 3 is 2.75 bits per heavy atom. The largest absolute Gasteiger partial charge is 0.426 e. The van der Waals surface area contributed by atoms with E-state index in [9.17, 15) is 19.3 Å². The minimum atomic E-state index is -1.02. The monoisotopic (exact) mass is 227 g/mol. The van der Waals surface area contributed by atoms with Crippen LogP contribution in [-0.4, -0.2) is 10.9 Å². The number of esters is 1. The van der Waals surface area contributed by atoms with E-state index in [4.69, 9.17) is 4.74 Å². The normalized spacial score (nSPS) is 9.88. The maximum absolute atomic E-state index is 13.1. The number of carbonyl (C=O) groups excluding carboxylic acids is 1. The van der Waals surface area contributed by atoms with Crippen molar-refractivity contribution in [2.75, 3.05) is 0 Å². The van der Waals surface area contributed by atoms with Crippen molar-refractivity contribution in [3.63, 3.8) is 0 Å². The molecular weight excluding hydrogens is 217 g/mol. The Kier molecular flexibility index (Phi) is 3.93. The van der Waals surface area contributed by atoms with Crippen molar-refractivity contribution >= 4 is 11.7 Å². The fourth-order valence-electron chi connectivity index (χ4n) is 1.09. The molecule has 0 aliphatic heterocycles. The molecule has 0 aliphatic carbocycles. The number of hydrogen-bond acceptors (Lipinski definition) is 4. The van der Waals surface area contributed by atoms with Crippen molar-refractivity contribution in [1.29, 1.82) is 0 Å². The Morgan fingerprint density at radius 1 is 1.56 bits per heavy atom. The lowest BCUT2D eigenvalue weighted by Crippen LogP contribution is -2.07. The summed E-state index contributed by atoms with van der Waals surface area (Å²) in [5, 5.41) is 10.3. The molecule has 0 radical (unpaired) electrons. The zero-order valence-corrected chi connectivity index (χ0v) is 8.60. The van der Waals surface area contributed by atoms with Gasteiger partial charge in [0.15, 0.2) is 0 Å². The van der Waals surface area contributed by atoms with E-state index in [-0.39, 0.29) is 12.2 Å². The van der Waals surface area contributed by atoms with Crippen LogP contribution in [0, 0.1) is 15.9 Å². The molecule has 0 saturated carbocycles. The molecule has 0 unspecified atom stereocenters. The molecule has 0 aliphatic rings. The van der Waals surface area contributed by atoms with Crippen LogP contribution < -0.4 is 4.74 Å². The Labute approximate surface area is 91.0 Å². The van der Waals surface area contributed by atoms with Gasteiger partial charge in [0, 0.05) is 18.6 Å². The van der Waals surface area contributed by atoms with Gasteiger partial charge in [0.2, 0.25) is 5.82 Å². The van der Waals surface area contributed by atoms with Crippen molar-refractivity contribution in [3.8, 4) is 5.75 Å². The fourth-order valence-corrected chi connectivity index (χ4v) is 1.09. The molecule has 6 heteroatoms. The van der Waals surface area contributed by atoms with Gasteiger partial charge in [-0.25, -0.2) is 0 Å². The zero-order chi connectivity index (χ0) is 12.1. The van der Waals surface area contributed by atoms with Gasteiger partial charge in [-0.3, -0.25) is 14.9 Å². The minimum absolute atomic E-state index is 0.0263. The molecule has 0 saturated heterocycles. The Hall–Kier alpha value is -1.98. The van der Waals surface area contributed by atoms with Crippen LogP contribution in [0.2, 0.25) is 0 Å². The number of nitrogens with zero attached hydrogens (tertiary/aromatic N) is 1. The van der Waals surface area contributed by atoms with Gasteiger partial charge in [-0.15, -0.1) is 0 Å². The third-order valence-electron chi connectivity index (χ3n) is 1.80. The fraction of sp³-hybridized carbons (Fsp3) is 0.300. The van der Waals surface area contributed by atoms with Crippen LogP contribution in [0.4, 0.5) is 10.1 Å². The number of nitro groups is 1. The summed E-state index contributed by atoms with van der Waals surface area (Å²) in [4.78, 5) is 20.5. The molecule has 0 bridgehead atoms. The van der Waals surface area contributed by atoms with Gasteiger partial charge in [0.05, 0.1) is 4.92 Å². The summed E-state index contributed by atoms with van der Waals surface area (Å²) in [6.07, 6.45) is 0.840. The van der Waals surface area contributed by atoms with E-state index < -0.39 is 22.4 Å². The third kappa shape index (κ3) is 3.01. The van der Waals surface area contributed by atoms with Gasteiger partial charge in [-0.05, 0) is 12.5 Å². The highest BCUT2D eigenvalue weighted by Gasteiger charge is 2.15. The van der Waals surface area contributed by atoms with Gasteiger partial charge in [-0.1, -0.05) is 6.92 Å². The molecule has 86 valence electrons. The van der Waals surface area contributed by atoms with Crippen molar-refractivity contribution in [3.05, 3.63) is 34.1 Å². The van der Waals surface area contributed by atoms with E-state index in [0.29, 0.717) is 6.42 Å². The van der Waals surface area contributed by atoms with Crippen molar-refractivity contribution < 1.29 is 18.8 Å². The van der Waals surface area contributed by atoms with Gasteiger partial charge in [0.25, 0.3) is 0 Å². The number of carbonyl (C=O) groups is 1. The zero-order valence-electron chi connectivity index (χ0n) is 8.60. The Morgan fingerprint density at radius 2 is 2.25 bits per heavy atom. The van der Waals surface area contributed by atoms with Crippen LogP contribution in [-0.2, 0) is 4.79 Å². The summed E-state index contributed by atoms with van der Waals surface area (Å²) < 4.78 is 17.9. The molecule has 1 aromatic carbocycles. The van der Waals surface area contributed by atoms with Gasteiger partial charge < -0.3 is 4.74 Å². The molecule has 0 spiro atoms. The van der Waals surface area contributed by atoms with Crippen LogP contribution in [0.15, 0.2) is 18.2 Å². The lowest BCUT2D eigenvalue weighted by atomic mass is 10.3. The molecule has 0 N–H and O–H groups in total. The van der Waals surface area contributed by atoms with Gasteiger partial charge in [-0.2, -0.15) is 4.39 Å². The van der Waals surface area contributed by atoms with Crippen LogP contribution in [0.5, 0.6) is 5.75 Å². The Bertz CT molecular complexity index is 419. The molecule has 0 heterocycles. The second kappa shape index (κ2) is 5.20. The van der Waals surface area contributed by atoms with Crippen molar-refractivity contribution in [1.82, 2.24) is 0 Å². The number of nitro benzene ring substituents is 1. The number of hydrogen-bond donors (Lipinski definition) is 0. The highest BCUT2D eigenvalue weighted by atomic mass is 19.1. The van der Waals surface area contributed by atoms with Gasteiger partial charge in [0.1, 0.15) is 5.75 Å². The molecule has 0 fully saturated rings. The van der Waals surface area contributed by atoms with E-state index >= 15 is 0 Å². The van der Waals surface area contributed by atoms with Crippen molar-refractivity contribution in [2.24, 2.45) is 0 Å². The quantitative estimate of drug-likeness (QED) is 0.343. The first kappa shape index (κ1) is 12.1. The van der Waals surface area contributed by atoms with Crippen LogP contribution >= 0.6 is 0 Å². The first-order valence-electron chi connectivity index (χ1n) is 4.69. The second-order valence-corrected chi connectivity index (χ2v) is 3.09. The van der Waals surface area contributed by atoms with Crippen LogP contribution in [0.3, 0.4) is 0 Å².